The Balaban J connectivity index is -0.0000000369. The molecule has 0 saturated carbocycles. The molecule has 0 aliphatic carbocycles. The Hall–Kier alpha value is 2.29. The summed E-state index contributed by atoms with van der Waals surface area (Å²) < 4.78 is 93.4. The maximum Gasteiger partial charge on any atom is -0.0149 e. The first-order valence-electron chi connectivity index (χ1n) is 2.61. The molecule has 0 aliphatic rings. The third-order valence-corrected chi connectivity index (χ3v) is 0. The quantitative estimate of drug-likeness (QED) is 0.110. The van der Waals surface area contributed by atoms with Gasteiger partial charge in [-0.25, -0.2) is 0 Å². The minimum atomic E-state index is -3.79. The fourth-order valence-electron chi connectivity index (χ4n) is 0. The molecule has 0 aromatic rings. The van der Waals surface area contributed by atoms with E-state index >= 15 is 0 Å². The molecule has 0 bridgehead atoms. The second-order valence-electron chi connectivity index (χ2n) is 1.13. The zero-order valence-electron chi connectivity index (χ0n) is 7.21. The molecule has 0 aromatic heterocycles. The zero-order valence-corrected chi connectivity index (χ0v) is 18.6. The molecule has 104 valence electrons. The van der Waals surface area contributed by atoms with Gasteiger partial charge in [0.05, 0.1) is 0 Å². The van der Waals surface area contributed by atoms with Crippen molar-refractivity contribution in [1.29, 1.82) is 0 Å². The molecule has 8 N–H and O–H groups in total. The summed E-state index contributed by atoms with van der Waals surface area (Å²) in [5, 5.41) is 0. The van der Waals surface area contributed by atoms with Crippen LogP contribution in [0.4, 0.5) is 0 Å². The van der Waals surface area contributed by atoms with Crippen LogP contribution in [-0.4, -0.2) is 121 Å². The Morgan fingerprint density at radius 3 is 0.412 bits per heavy atom. The van der Waals surface area contributed by atoms with E-state index < -0.39 is 82.3 Å². The van der Waals surface area contributed by atoms with E-state index in [9.17, 15) is 0 Å². The molecule has 0 rings (SSSR count). The van der Waals surface area contributed by atoms with Gasteiger partial charge in [0.1, 0.15) is 0 Å². The molecular formula is H12O12SiSn4. The summed E-state index contributed by atoms with van der Waals surface area (Å²) in [4.78, 5) is 0. The van der Waals surface area contributed by atoms with Crippen LogP contribution < -0.4 is 0 Å². The van der Waals surface area contributed by atoms with E-state index in [1.165, 1.54) is 0 Å². The van der Waals surface area contributed by atoms with Gasteiger partial charge in [-0.2, -0.15) is 0 Å². The van der Waals surface area contributed by atoms with Crippen molar-refractivity contribution < 1.29 is 39.9 Å². The van der Waals surface area contributed by atoms with Gasteiger partial charge < -0.3 is 0 Å². The molecule has 0 aliphatic heterocycles. The first-order chi connectivity index (χ1) is 6.93. The smallest absolute Gasteiger partial charge is 0.0149 e. The molecule has 12 nitrogen and oxygen atoms in total. The third kappa shape index (κ3) is 924. The molecule has 0 unspecified atom stereocenters. The van der Waals surface area contributed by atoms with Gasteiger partial charge in [-0.05, 0) is 11.0 Å². The van der Waals surface area contributed by atoms with Gasteiger partial charge in [0, 0.05) is 0 Å². The first-order valence-corrected chi connectivity index (χ1v) is 17.5. The van der Waals surface area contributed by atoms with Crippen LogP contribution in [0.25, 0.3) is 0 Å². The van der Waals surface area contributed by atoms with Gasteiger partial charge in [0.15, 0.2) is 0 Å². The van der Waals surface area contributed by atoms with Crippen LogP contribution in [0.1, 0.15) is 0 Å². The van der Waals surface area contributed by atoms with Crippen molar-refractivity contribution in [2.75, 3.05) is 0 Å². The molecule has 0 heterocycles. The normalized spacial score (nSPS) is 6.12. The second-order valence-corrected chi connectivity index (χ2v) is 7.58. The number of hydrogen-bond donors (Lipinski definition) is 8. The van der Waals surface area contributed by atoms with Crippen LogP contribution in [-0.2, 0) is 12.3 Å². The van der Waals surface area contributed by atoms with Gasteiger partial charge in [-0.3, -0.25) is 0 Å². The van der Waals surface area contributed by atoms with Crippen molar-refractivity contribution in [2.24, 2.45) is 0 Å². The van der Waals surface area contributed by atoms with Crippen molar-refractivity contribution in [3.63, 3.8) is 0 Å². The molecule has 0 atom stereocenters. The molecule has 0 spiro atoms. The predicted molar refractivity (Wildman–Crippen MR) is 54.8 cm³/mol. The molecule has 0 amide bonds. The van der Waals surface area contributed by atoms with Gasteiger partial charge in [-0.1, -0.05) is 0 Å². The van der Waals surface area contributed by atoms with Gasteiger partial charge >= 0.3 is 122 Å². The Morgan fingerprint density at radius 2 is 0.412 bits per heavy atom. The fraction of sp³-hybridized carbons (Fsp3) is 0. The molecule has 0 aromatic carbocycles. The summed E-state index contributed by atoms with van der Waals surface area (Å²) in [6.45, 7) is 0. The van der Waals surface area contributed by atoms with Crippen molar-refractivity contribution in [2.45, 2.75) is 0 Å². The van der Waals surface area contributed by atoms with Gasteiger partial charge in [0.2, 0.25) is 0 Å². The van der Waals surface area contributed by atoms with E-state index in [1.807, 2.05) is 0 Å². The number of rotatable bonds is 0. The molecule has 0 radical (unpaired) electrons. The molecule has 0 fully saturated rings. The maximum atomic E-state index is 8.84. The van der Waals surface area contributed by atoms with E-state index in [0.29, 0.717) is 0 Å². The Labute approximate surface area is 131 Å². The standard InChI is InChI=1S/8H2O.4O.H4Si.4Sn/h8*1H2;;;;;1H4;;;;/q;;;;;;;;;;;;;4*+2/p-8. The minimum absolute atomic E-state index is 0. The summed E-state index contributed by atoms with van der Waals surface area (Å²) in [7, 11) is 0. The van der Waals surface area contributed by atoms with Gasteiger partial charge in [0.25, 0.3) is 0 Å². The average Bonchev–Trinajstić information content (AvgIpc) is 1.76. The van der Waals surface area contributed by atoms with Crippen LogP contribution in [0.15, 0.2) is 0 Å². The Morgan fingerprint density at radius 1 is 0.412 bits per heavy atom. The molecular weight excluding hydrogens is 695 g/mol. The summed E-state index contributed by atoms with van der Waals surface area (Å²) >= 11 is -15.2. The monoisotopic (exact) mass is 712 g/mol. The first kappa shape index (κ1) is 31.6. The minimum Gasteiger partial charge on any atom is -0.0149 e. The van der Waals surface area contributed by atoms with E-state index in [4.69, 9.17) is 39.9 Å². The summed E-state index contributed by atoms with van der Waals surface area (Å²) in [5.74, 6) is 0. The molecule has 17 heteroatoms. The Kier molecular flexibility index (Phi) is 49.8. The van der Waals surface area contributed by atoms with Gasteiger partial charge in [-0.15, -0.1) is 0 Å². The van der Waals surface area contributed by atoms with Crippen LogP contribution in [0.2, 0.25) is 0 Å². The van der Waals surface area contributed by atoms with E-state index in [0.717, 1.165) is 0 Å². The fourth-order valence-corrected chi connectivity index (χ4v) is 0. The summed E-state index contributed by atoms with van der Waals surface area (Å²) in [6.07, 6.45) is 0. The van der Waals surface area contributed by atoms with Crippen molar-refractivity contribution in [3.8, 4) is 0 Å². The topological polar surface area (TPSA) is 230 Å². The van der Waals surface area contributed by atoms with Crippen molar-refractivity contribution >= 4 is 93.3 Å². The van der Waals surface area contributed by atoms with E-state index in [-0.39, 0.29) is 11.0 Å². The number of hydrogen-bond acceptors (Lipinski definition) is 4. The summed E-state index contributed by atoms with van der Waals surface area (Å²) in [5.41, 5.74) is 0. The molecule has 17 heavy (non-hydrogen) atoms. The van der Waals surface area contributed by atoms with Crippen LogP contribution in [0.5, 0.6) is 0 Å². The van der Waals surface area contributed by atoms with Crippen molar-refractivity contribution in [3.05, 3.63) is 0 Å². The largest absolute Gasteiger partial charge is 0.0149 e. The third-order valence-electron chi connectivity index (χ3n) is 0. The van der Waals surface area contributed by atoms with E-state index in [1.54, 1.807) is 0 Å². The summed E-state index contributed by atoms with van der Waals surface area (Å²) in [6, 6.07) is 0. The van der Waals surface area contributed by atoms with E-state index in [2.05, 4.69) is 0 Å². The Bertz CT molecular complexity index is 159. The zero-order chi connectivity index (χ0) is 14.3. The molecule has 0 saturated heterocycles. The van der Waals surface area contributed by atoms with Crippen LogP contribution in [0.3, 0.4) is 0 Å². The van der Waals surface area contributed by atoms with Crippen LogP contribution in [0, 0.1) is 0 Å². The average molecular weight is 707 g/mol. The van der Waals surface area contributed by atoms with Crippen LogP contribution >= 0.6 is 0 Å². The predicted octanol–water partition coefficient (Wildman–Crippen LogP) is -7.91. The maximum absolute atomic E-state index is 8.84. The van der Waals surface area contributed by atoms with Crippen molar-refractivity contribution in [1.82, 2.24) is 0 Å². The second kappa shape index (κ2) is 26.8. The SMILES string of the molecule is [O]=[Sn]([OH])[OH].[O]=[Sn]([OH])[OH].[O]=[Sn]([OH])[OH].[O]=[Sn]([OH])[OH].[SiH4].